The summed E-state index contributed by atoms with van der Waals surface area (Å²) in [6.07, 6.45) is 6.80. The van der Waals surface area contributed by atoms with Gasteiger partial charge in [-0.3, -0.25) is 43.3 Å². The van der Waals surface area contributed by atoms with E-state index in [0.29, 0.717) is 74.2 Å². The maximum atomic E-state index is 15.2. The van der Waals surface area contributed by atoms with Crippen LogP contribution < -0.4 is 42.1 Å². The summed E-state index contributed by atoms with van der Waals surface area (Å²) in [5, 5.41) is 71.8. The van der Waals surface area contributed by atoms with Gasteiger partial charge < -0.3 is 85.5 Å². The number of primary amides is 1. The van der Waals surface area contributed by atoms with Crippen molar-refractivity contribution in [1.82, 2.24) is 30.3 Å². The second-order valence-corrected chi connectivity index (χ2v) is 29.6. The maximum Gasteiger partial charge on any atom is 0.506 e. The Morgan fingerprint density at radius 1 is 0.866 bits per heavy atom. The molecular weight excluding hydrogens is 1450 g/mol. The van der Waals surface area contributed by atoms with Crippen molar-refractivity contribution in [3.8, 4) is 28.7 Å². The number of unbranched alkanes of at least 4 members (excludes halogenated alkanes) is 2. The van der Waals surface area contributed by atoms with Crippen LogP contribution in [0.4, 0.5) is 31.4 Å². The molecule has 7 amide bonds. The van der Waals surface area contributed by atoms with Crippen molar-refractivity contribution in [2.75, 3.05) is 48.8 Å². The van der Waals surface area contributed by atoms with E-state index in [-0.39, 0.29) is 130 Å². The number of methoxy groups -OCH3 is 1. The number of ketones is 2. The second-order valence-electron chi connectivity index (χ2n) is 29.6. The predicted molar refractivity (Wildman–Crippen MR) is 408 cm³/mol. The Hall–Kier alpha value is -11.5. The van der Waals surface area contributed by atoms with E-state index < -0.39 is 124 Å². The highest BCUT2D eigenvalue weighted by molar-refractivity contribution is 6.22. The highest BCUT2D eigenvalue weighted by atomic mass is 16.7. The number of hydrogen-bond acceptors (Lipinski definition) is 24. The molecule has 6 heterocycles. The number of nitrogens with one attached hydrogen (secondary N) is 4. The molecule has 3 aromatic carbocycles. The van der Waals surface area contributed by atoms with Crippen LogP contribution in [0.2, 0.25) is 0 Å². The van der Waals surface area contributed by atoms with Gasteiger partial charge in [0.1, 0.15) is 46.9 Å². The number of carboxylic acid groups (broad SMARTS) is 1. The number of anilines is 3. The van der Waals surface area contributed by atoms with E-state index in [9.17, 15) is 68.7 Å². The number of nitrogens with zero attached hydrogens (tertiary/aromatic N) is 5. The van der Waals surface area contributed by atoms with Gasteiger partial charge in [-0.05, 0) is 88.1 Å². The largest absolute Gasteiger partial charge is 0.507 e. The molecule has 32 heteroatoms. The van der Waals surface area contributed by atoms with Gasteiger partial charge in [0.05, 0.1) is 47.3 Å². The number of benzene rings is 4. The average Bonchev–Trinajstić information content (AvgIpc) is 1.42. The van der Waals surface area contributed by atoms with Crippen LogP contribution in [0.25, 0.3) is 33.3 Å². The molecule has 0 saturated carbocycles. The van der Waals surface area contributed by atoms with Gasteiger partial charge in [-0.1, -0.05) is 78.3 Å². The first-order chi connectivity index (χ1) is 53.2. The van der Waals surface area contributed by atoms with Gasteiger partial charge in [0.2, 0.25) is 17.2 Å². The van der Waals surface area contributed by atoms with Crippen LogP contribution in [-0.4, -0.2) is 174 Å². The number of allylic oxidation sites excluding steroid dienone is 2. The van der Waals surface area contributed by atoms with Gasteiger partial charge in [-0.2, -0.15) is 9.78 Å². The number of carbonyl (C=O) groups excluding carboxylic acids is 9. The molecule has 112 heavy (non-hydrogen) atoms. The fourth-order valence-electron chi connectivity index (χ4n) is 14.7. The number of amides is 7. The first-order valence-corrected chi connectivity index (χ1v) is 37.3. The Morgan fingerprint density at radius 2 is 1.57 bits per heavy atom. The molecule has 32 nitrogen and oxygen atoms in total. The smallest absolute Gasteiger partial charge is 0.506 e. The molecule has 11 atom stereocenters. The third-order valence-corrected chi connectivity index (χ3v) is 21.4. The van der Waals surface area contributed by atoms with Crippen LogP contribution in [0.5, 0.6) is 17.2 Å². The third-order valence-electron chi connectivity index (χ3n) is 21.4. The van der Waals surface area contributed by atoms with E-state index in [2.05, 4.69) is 26.4 Å². The number of ether oxygens (including phenoxy) is 5. The molecule has 6 aliphatic rings. The second kappa shape index (κ2) is 35.7. The minimum atomic E-state index is -2.21. The van der Waals surface area contributed by atoms with Crippen LogP contribution in [0.15, 0.2) is 106 Å². The Labute approximate surface area is 644 Å². The molecule has 1 aliphatic carbocycles. The van der Waals surface area contributed by atoms with Crippen molar-refractivity contribution < 1.29 is 102 Å². The van der Waals surface area contributed by atoms with Crippen LogP contribution in [0.1, 0.15) is 146 Å². The number of aromatic nitrogens is 3. The van der Waals surface area contributed by atoms with Crippen LogP contribution in [0.3, 0.4) is 0 Å². The monoisotopic (exact) mass is 1550 g/mol. The normalized spacial score (nSPS) is 23.5. The zero-order valence-corrected chi connectivity index (χ0v) is 64.0. The van der Waals surface area contributed by atoms with Gasteiger partial charge in [0, 0.05) is 147 Å². The first-order valence-electron chi connectivity index (χ1n) is 37.3. The van der Waals surface area contributed by atoms with E-state index in [1.54, 1.807) is 84.0 Å². The number of aliphatic hydroxyl groups is 2. The number of Topliss-reactive ketones (excluding diaryl/α,β-unsaturated/α-hetero) is 2. The van der Waals surface area contributed by atoms with E-state index in [1.807, 2.05) is 4.90 Å². The third kappa shape index (κ3) is 18.6. The maximum absolute atomic E-state index is 15.2. The van der Waals surface area contributed by atoms with Gasteiger partial charge in [0.15, 0.2) is 17.1 Å². The zero-order chi connectivity index (χ0) is 81.3. The number of piperidine rings is 1. The van der Waals surface area contributed by atoms with Crippen molar-refractivity contribution in [2.45, 2.75) is 169 Å². The summed E-state index contributed by atoms with van der Waals surface area (Å²) in [4.78, 5) is 154. The van der Waals surface area contributed by atoms with Gasteiger partial charge in [-0.15, -0.1) is 0 Å². The fourth-order valence-corrected chi connectivity index (χ4v) is 14.7. The number of fused-ring (bicyclic) bond motifs is 2. The average molecular weight is 1550 g/mol. The number of rotatable bonds is 23. The lowest BCUT2D eigenvalue weighted by molar-refractivity contribution is -0.137. The number of phenolic OH excluding ortho intramolecular Hbond substituents is 2. The lowest BCUT2D eigenvalue weighted by Gasteiger charge is -2.37. The molecule has 5 aliphatic heterocycles. The highest BCUT2D eigenvalue weighted by Crippen LogP contribution is 2.51. The van der Waals surface area contributed by atoms with Gasteiger partial charge >= 0.3 is 24.1 Å². The summed E-state index contributed by atoms with van der Waals surface area (Å²) < 4.78 is 36.8. The highest BCUT2D eigenvalue weighted by Gasteiger charge is 2.50. The van der Waals surface area contributed by atoms with Gasteiger partial charge in [-0.25, -0.2) is 19.4 Å². The number of imide groups is 1. The molecule has 0 radical (unpaired) electrons. The molecular formula is C80H96N10O22. The molecule has 1 aromatic heterocycles. The van der Waals surface area contributed by atoms with E-state index in [0.717, 1.165) is 15.8 Å². The van der Waals surface area contributed by atoms with Gasteiger partial charge in [0.25, 0.3) is 23.5 Å². The number of urea groups is 1. The summed E-state index contributed by atoms with van der Waals surface area (Å²) in [7, 11) is 1.35. The molecule has 1 saturated heterocycles. The molecule has 11 N–H and O–H groups in total. The summed E-state index contributed by atoms with van der Waals surface area (Å²) in [5.74, 6) is -11.9. The van der Waals surface area contributed by atoms with Crippen molar-refractivity contribution in [3.63, 3.8) is 0 Å². The van der Waals surface area contributed by atoms with Crippen LogP contribution in [-0.2, 0) is 54.3 Å². The molecule has 4 bridgehead atoms. The molecule has 0 spiro atoms. The Kier molecular flexibility index (Phi) is 26.4. The number of aromatic hydroxyl groups is 2. The van der Waals surface area contributed by atoms with Crippen molar-refractivity contribution in [3.05, 3.63) is 130 Å². The lowest BCUT2D eigenvalue weighted by atomic mass is 9.78. The molecule has 0 unspecified atom stereocenters. The number of carbonyl (C=O) groups is 10. The Bertz CT molecular complexity index is 4750. The fraction of sp³-hybridized carbons (Fsp3) is 0.463. The number of phenols is 2. The SMILES string of the molecule is CO[C@H]1/C=C/O[C@@]2(C)Oc3c(C)c(O)c4c(=O)c(c5oc6cc(N7CCC(c8ccn(C(=O)OCc9ccc(NC(=O)[C@H](CCCNC(N)=O)CC(=O)[C@@H](NC(=O)CCCCCN%10C(=O)C=CC%10=O)C(C)C)cc9)n8)CC7)cc(O)c6nc-5c4c3C2=O)NC(=O)/C(C)=C\C=C\[C@H](C)[C@H](O)[C@@H](C)[C@@H](O)[C@@H](C)[C@H](OC(=O)O)[C@@H]1C. The number of nitrogens with two attached hydrogens (primary N) is 1. The lowest BCUT2D eigenvalue weighted by Crippen LogP contribution is -2.46. The zero-order valence-electron chi connectivity index (χ0n) is 64.0. The number of hydrogen-bond donors (Lipinski definition) is 10. The minimum Gasteiger partial charge on any atom is -0.507 e. The van der Waals surface area contributed by atoms with E-state index in [4.69, 9.17) is 38.8 Å². The summed E-state index contributed by atoms with van der Waals surface area (Å²) >= 11 is 0. The summed E-state index contributed by atoms with van der Waals surface area (Å²) in [6.45, 7) is 15.3. The topological polar surface area (TPSA) is 460 Å². The first kappa shape index (κ1) is 83.0. The number of aliphatic hydroxyl groups excluding tert-OH is 2. The summed E-state index contributed by atoms with van der Waals surface area (Å²) in [6, 6.07) is 9.67. The molecule has 4 aromatic rings. The quantitative estimate of drug-likeness (QED) is 0.00939. The molecule has 1 fully saturated rings. The molecule has 598 valence electrons. The Morgan fingerprint density at radius 3 is 2.24 bits per heavy atom. The van der Waals surface area contributed by atoms with E-state index in [1.165, 1.54) is 70.5 Å². The standard InChI is InChI=1S/C80H96N10O22/c1-40(2)63(84-57(93)19-12-11-13-31-89-58(94)24-25-59(89)95)53(91)36-49(18-15-30-82-77(81)103)76(102)83-50-22-20-47(21-23-50)39-108-78(104)90-34-28-52(87-90)48-26-32-88(33-27-48)51-37-54(92)64-56(38-51)110-73-65(85-64)60-61-69(98)46(8)72-62(60)74(100)80(9,112-72)109-35-29-55(107-10)43(5)71(111-79(105)106)45(7)68(97)44(6)67(96)41(3)16-14-17-42(4)75(101)86-66(73)70(61)99/h14,16-17,20-25,28-29,34-35,37-38,40-41,43-45,48-49,55,63,67-68,71,92,96-98H,11-13,15,18-19,26-27,30-33,36,39H2,1-10H3,(H,83,102)(H,84,93)(H,86,101)(H,105,106)(H3,81,82,103)/b16-14+,35-29+,42-17-/t41-,43+,44+,45+,49+,55-,63-,67-,68+,71+,80-/m0/s1. The van der Waals surface area contributed by atoms with Crippen molar-refractivity contribution >= 4 is 98.3 Å². The molecule has 10 rings (SSSR count). The van der Waals surface area contributed by atoms with Crippen molar-refractivity contribution in [1.29, 1.82) is 0 Å². The van der Waals surface area contributed by atoms with Crippen LogP contribution in [0, 0.1) is 42.4 Å². The van der Waals surface area contributed by atoms with Crippen molar-refractivity contribution in [2.24, 2.45) is 41.2 Å². The van der Waals surface area contributed by atoms with E-state index >= 15 is 9.59 Å². The van der Waals surface area contributed by atoms with Crippen LogP contribution >= 0.6 is 0 Å². The predicted octanol–water partition coefficient (Wildman–Crippen LogP) is 9.14. The Balaban J connectivity index is 0.821. The summed E-state index contributed by atoms with van der Waals surface area (Å²) in [5.41, 5.74) is 5.17. The minimum absolute atomic E-state index is 0.0508.